The molecule has 0 bridgehead atoms. The van der Waals surface area contributed by atoms with E-state index in [0.29, 0.717) is 5.92 Å². The predicted octanol–water partition coefficient (Wildman–Crippen LogP) is 2.71. The van der Waals surface area contributed by atoms with Crippen molar-refractivity contribution in [3.8, 4) is 0 Å². The van der Waals surface area contributed by atoms with Gasteiger partial charge in [0, 0.05) is 11.0 Å². The third-order valence-electron chi connectivity index (χ3n) is 4.89. The average molecular weight is 338 g/mol. The van der Waals surface area contributed by atoms with Crippen LogP contribution in [-0.2, 0) is 10.2 Å². The van der Waals surface area contributed by atoms with Crippen LogP contribution in [0.25, 0.3) is 0 Å². The highest BCUT2D eigenvalue weighted by molar-refractivity contribution is 9.10. The van der Waals surface area contributed by atoms with Gasteiger partial charge in [-0.25, -0.2) is 0 Å². The topological polar surface area (TPSA) is 40.5 Å². The van der Waals surface area contributed by atoms with Gasteiger partial charge in [-0.1, -0.05) is 35.0 Å². The summed E-state index contributed by atoms with van der Waals surface area (Å²) in [5.74, 6) is 0.605. The fourth-order valence-corrected chi connectivity index (χ4v) is 3.60. The quantitative estimate of drug-likeness (QED) is 0.921. The minimum atomic E-state index is -0.321. The van der Waals surface area contributed by atoms with E-state index in [9.17, 15) is 9.90 Å². The summed E-state index contributed by atoms with van der Waals surface area (Å²) in [6.45, 7) is 2.97. The zero-order chi connectivity index (χ0) is 14.3. The molecule has 0 radical (unpaired) electrons. The summed E-state index contributed by atoms with van der Waals surface area (Å²) < 4.78 is 1.03. The second kappa shape index (κ2) is 5.15. The Morgan fingerprint density at radius 2 is 2.05 bits per heavy atom. The molecule has 4 heteroatoms. The van der Waals surface area contributed by atoms with Gasteiger partial charge in [0.25, 0.3) is 0 Å². The van der Waals surface area contributed by atoms with Gasteiger partial charge in [-0.2, -0.15) is 0 Å². The fourth-order valence-electron chi connectivity index (χ4n) is 3.33. The molecule has 20 heavy (non-hydrogen) atoms. The lowest BCUT2D eigenvalue weighted by Gasteiger charge is -2.29. The summed E-state index contributed by atoms with van der Waals surface area (Å²) in [7, 11) is 0. The summed E-state index contributed by atoms with van der Waals surface area (Å²) in [5, 5.41) is 9.55. The number of hydrogen-bond donors (Lipinski definition) is 1. The first-order valence-corrected chi connectivity index (χ1v) is 8.06. The van der Waals surface area contributed by atoms with Crippen molar-refractivity contribution >= 4 is 21.8 Å². The van der Waals surface area contributed by atoms with Crippen LogP contribution in [0.4, 0.5) is 0 Å². The van der Waals surface area contributed by atoms with Crippen LogP contribution in [0.15, 0.2) is 28.7 Å². The normalized spacial score (nSPS) is 27.6. The maximum Gasteiger partial charge on any atom is 0.233 e. The van der Waals surface area contributed by atoms with E-state index in [0.717, 1.165) is 35.8 Å². The first kappa shape index (κ1) is 14.1. The third kappa shape index (κ3) is 2.19. The smallest absolute Gasteiger partial charge is 0.233 e. The van der Waals surface area contributed by atoms with E-state index in [2.05, 4.69) is 22.9 Å². The molecule has 0 spiro atoms. The molecule has 2 unspecified atom stereocenters. The highest BCUT2D eigenvalue weighted by Gasteiger charge is 2.54. The number of halogens is 1. The summed E-state index contributed by atoms with van der Waals surface area (Å²) in [5.41, 5.74) is 0.792. The van der Waals surface area contributed by atoms with Crippen LogP contribution < -0.4 is 0 Å². The highest BCUT2D eigenvalue weighted by Crippen LogP contribution is 2.50. The molecule has 3 rings (SSSR count). The zero-order valence-corrected chi connectivity index (χ0v) is 13.3. The van der Waals surface area contributed by atoms with Crippen molar-refractivity contribution < 1.29 is 9.90 Å². The molecule has 2 atom stereocenters. The molecule has 1 aromatic rings. The minimum Gasteiger partial charge on any atom is -0.394 e. The molecule has 1 aliphatic carbocycles. The molecule has 2 fully saturated rings. The Morgan fingerprint density at radius 1 is 1.40 bits per heavy atom. The van der Waals surface area contributed by atoms with Crippen LogP contribution in [-0.4, -0.2) is 35.1 Å². The molecule has 1 amide bonds. The SMILES string of the molecule is CC1CCN(C(=O)C2(c3ccc(Br)cc3)CC2)C1CO. The second-order valence-corrected chi connectivity index (χ2v) is 7.02. The van der Waals surface area contributed by atoms with Crippen LogP contribution in [0, 0.1) is 5.92 Å². The van der Waals surface area contributed by atoms with E-state index in [1.54, 1.807) is 0 Å². The molecule has 2 aliphatic rings. The maximum absolute atomic E-state index is 12.9. The molecule has 3 nitrogen and oxygen atoms in total. The molecule has 108 valence electrons. The Morgan fingerprint density at radius 3 is 2.60 bits per heavy atom. The molecular formula is C16H20BrNO2. The molecule has 1 saturated carbocycles. The first-order chi connectivity index (χ1) is 9.58. The van der Waals surface area contributed by atoms with E-state index in [1.165, 1.54) is 0 Å². The van der Waals surface area contributed by atoms with Crippen LogP contribution >= 0.6 is 15.9 Å². The number of carbonyl (C=O) groups is 1. The van der Waals surface area contributed by atoms with Gasteiger partial charge in [-0.3, -0.25) is 4.79 Å². The summed E-state index contributed by atoms with van der Waals surface area (Å²) >= 11 is 3.44. The van der Waals surface area contributed by atoms with Gasteiger partial charge < -0.3 is 10.0 Å². The Bertz CT molecular complexity index is 510. The largest absolute Gasteiger partial charge is 0.394 e. The van der Waals surface area contributed by atoms with Crippen LogP contribution in [0.2, 0.25) is 0 Å². The van der Waals surface area contributed by atoms with Crippen molar-refractivity contribution in [2.45, 2.75) is 37.6 Å². The van der Waals surface area contributed by atoms with Gasteiger partial charge >= 0.3 is 0 Å². The zero-order valence-electron chi connectivity index (χ0n) is 11.7. The number of amides is 1. The lowest BCUT2D eigenvalue weighted by Crippen LogP contribution is -2.45. The number of benzene rings is 1. The van der Waals surface area contributed by atoms with Gasteiger partial charge in [0.2, 0.25) is 5.91 Å². The van der Waals surface area contributed by atoms with Crippen LogP contribution in [0.5, 0.6) is 0 Å². The molecule has 1 N–H and O–H groups in total. The Balaban J connectivity index is 1.85. The van der Waals surface area contributed by atoms with E-state index in [1.807, 2.05) is 29.2 Å². The van der Waals surface area contributed by atoms with Crippen molar-refractivity contribution in [1.29, 1.82) is 0 Å². The van der Waals surface area contributed by atoms with Crippen LogP contribution in [0.3, 0.4) is 0 Å². The van der Waals surface area contributed by atoms with Crippen molar-refractivity contribution in [1.82, 2.24) is 4.90 Å². The number of carbonyl (C=O) groups excluding carboxylic acids is 1. The number of likely N-dealkylation sites (tertiary alicyclic amines) is 1. The van der Waals surface area contributed by atoms with E-state index < -0.39 is 0 Å². The van der Waals surface area contributed by atoms with Crippen LogP contribution in [0.1, 0.15) is 31.7 Å². The minimum absolute atomic E-state index is 0.00424. The summed E-state index contributed by atoms with van der Waals surface area (Å²) in [4.78, 5) is 14.8. The molecule has 1 saturated heterocycles. The third-order valence-corrected chi connectivity index (χ3v) is 5.42. The van der Waals surface area contributed by atoms with Crippen molar-refractivity contribution in [2.75, 3.05) is 13.2 Å². The molecular weight excluding hydrogens is 318 g/mol. The van der Waals surface area contributed by atoms with Gasteiger partial charge in [-0.15, -0.1) is 0 Å². The molecule has 1 aliphatic heterocycles. The lowest BCUT2D eigenvalue weighted by atomic mass is 9.93. The Hall–Kier alpha value is -0.870. The van der Waals surface area contributed by atoms with Crippen molar-refractivity contribution in [2.24, 2.45) is 5.92 Å². The fraction of sp³-hybridized carbons (Fsp3) is 0.562. The summed E-state index contributed by atoms with van der Waals surface area (Å²) in [6.07, 6.45) is 2.85. The van der Waals surface area contributed by atoms with E-state index in [4.69, 9.17) is 0 Å². The second-order valence-electron chi connectivity index (χ2n) is 6.10. The number of nitrogens with zero attached hydrogens (tertiary/aromatic N) is 1. The predicted molar refractivity (Wildman–Crippen MR) is 81.4 cm³/mol. The Kier molecular flexibility index (Phi) is 3.63. The maximum atomic E-state index is 12.9. The van der Waals surface area contributed by atoms with E-state index in [-0.39, 0.29) is 24.0 Å². The number of aliphatic hydroxyl groups excluding tert-OH is 1. The van der Waals surface area contributed by atoms with Gasteiger partial charge in [0.1, 0.15) is 0 Å². The monoisotopic (exact) mass is 337 g/mol. The molecule has 1 aromatic carbocycles. The number of rotatable bonds is 3. The van der Waals surface area contributed by atoms with Gasteiger partial charge in [0.05, 0.1) is 18.1 Å². The number of aliphatic hydroxyl groups is 1. The standard InChI is InChI=1S/C16H20BrNO2/c1-11-6-9-18(14(11)10-19)15(20)16(7-8-16)12-2-4-13(17)5-3-12/h2-5,11,14,19H,6-10H2,1H3. The molecule has 1 heterocycles. The lowest BCUT2D eigenvalue weighted by molar-refractivity contribution is -0.135. The summed E-state index contributed by atoms with van der Waals surface area (Å²) in [6, 6.07) is 8.08. The highest BCUT2D eigenvalue weighted by atomic mass is 79.9. The van der Waals surface area contributed by atoms with Crippen molar-refractivity contribution in [3.63, 3.8) is 0 Å². The number of hydrogen-bond acceptors (Lipinski definition) is 2. The Labute approximate surface area is 128 Å². The van der Waals surface area contributed by atoms with Gasteiger partial charge in [0.15, 0.2) is 0 Å². The first-order valence-electron chi connectivity index (χ1n) is 7.26. The van der Waals surface area contributed by atoms with E-state index >= 15 is 0 Å². The van der Waals surface area contributed by atoms with Crippen molar-refractivity contribution in [3.05, 3.63) is 34.3 Å². The van der Waals surface area contributed by atoms with Gasteiger partial charge in [-0.05, 0) is 42.9 Å². The average Bonchev–Trinajstić information content (AvgIpc) is 3.17. The molecule has 0 aromatic heterocycles.